The number of nitrogens with one attached hydrogen (secondary N) is 1. The first kappa shape index (κ1) is 12.3. The number of hydrogen-bond acceptors (Lipinski definition) is 2. The third kappa shape index (κ3) is 2.65. The fourth-order valence-corrected chi connectivity index (χ4v) is 3.34. The van der Waals surface area contributed by atoms with Gasteiger partial charge in [0.2, 0.25) is 0 Å². The van der Waals surface area contributed by atoms with E-state index in [1.54, 1.807) is 0 Å². The smallest absolute Gasteiger partial charge is 0.123 e. The number of halogens is 1. The van der Waals surface area contributed by atoms with Crippen molar-refractivity contribution in [1.82, 2.24) is 5.32 Å². The van der Waals surface area contributed by atoms with Crippen molar-refractivity contribution in [3.05, 3.63) is 29.3 Å². The van der Waals surface area contributed by atoms with E-state index in [0.717, 1.165) is 31.2 Å². The Morgan fingerprint density at radius 3 is 2.94 bits per heavy atom. The molecule has 1 aliphatic heterocycles. The molecule has 1 atom stereocenters. The van der Waals surface area contributed by atoms with Crippen molar-refractivity contribution in [2.75, 3.05) is 13.1 Å². The lowest BCUT2D eigenvalue weighted by Crippen LogP contribution is -2.38. The van der Waals surface area contributed by atoms with E-state index in [1.807, 2.05) is 0 Å². The molecule has 0 spiro atoms. The Morgan fingerprint density at radius 2 is 2.17 bits per heavy atom. The van der Waals surface area contributed by atoms with Crippen LogP contribution in [0.2, 0.25) is 0 Å². The maximum atomic E-state index is 5.97. The molecule has 1 saturated carbocycles. The van der Waals surface area contributed by atoms with Gasteiger partial charge in [-0.2, -0.15) is 0 Å². The molecule has 18 heavy (non-hydrogen) atoms. The summed E-state index contributed by atoms with van der Waals surface area (Å²) < 4.78 is 5.93. The summed E-state index contributed by atoms with van der Waals surface area (Å²) >= 11 is 5.97. The van der Waals surface area contributed by atoms with Gasteiger partial charge in [0.15, 0.2) is 0 Å². The van der Waals surface area contributed by atoms with Crippen LogP contribution in [0, 0.1) is 12.8 Å². The quantitative estimate of drug-likeness (QED) is 0.846. The number of alkyl halides is 1. The first-order valence-corrected chi connectivity index (χ1v) is 7.25. The van der Waals surface area contributed by atoms with E-state index >= 15 is 0 Å². The number of benzene rings is 1. The topological polar surface area (TPSA) is 21.3 Å². The molecule has 0 amide bonds. The van der Waals surface area contributed by atoms with Crippen LogP contribution in [-0.4, -0.2) is 24.6 Å². The SMILES string of the molecule is Cc1ccc2c(c1)CC(CNCC1CC(Cl)C1)O2. The van der Waals surface area contributed by atoms with Crippen molar-refractivity contribution in [2.24, 2.45) is 5.92 Å². The predicted octanol–water partition coefficient (Wildman–Crippen LogP) is 2.91. The van der Waals surface area contributed by atoms with E-state index in [2.05, 4.69) is 30.4 Å². The molecule has 0 saturated heterocycles. The van der Waals surface area contributed by atoms with E-state index < -0.39 is 0 Å². The summed E-state index contributed by atoms with van der Waals surface area (Å²) in [6, 6.07) is 6.44. The number of hydrogen-bond donors (Lipinski definition) is 1. The Morgan fingerprint density at radius 1 is 1.33 bits per heavy atom. The highest BCUT2D eigenvalue weighted by atomic mass is 35.5. The lowest BCUT2D eigenvalue weighted by atomic mass is 9.85. The Balaban J connectivity index is 1.43. The standard InChI is InChI=1S/C15H20ClNO/c1-10-2-3-15-12(4-10)7-14(18-15)9-17-8-11-5-13(16)6-11/h2-4,11,13-14,17H,5-9H2,1H3. The van der Waals surface area contributed by atoms with Gasteiger partial charge in [0.05, 0.1) is 0 Å². The largest absolute Gasteiger partial charge is 0.488 e. The Labute approximate surface area is 114 Å². The van der Waals surface area contributed by atoms with Crippen molar-refractivity contribution in [3.8, 4) is 5.75 Å². The lowest BCUT2D eigenvalue weighted by Gasteiger charge is -2.31. The molecule has 0 aromatic heterocycles. The molecule has 3 rings (SSSR count). The van der Waals surface area contributed by atoms with Crippen molar-refractivity contribution in [2.45, 2.75) is 37.7 Å². The van der Waals surface area contributed by atoms with Crippen LogP contribution in [0.3, 0.4) is 0 Å². The van der Waals surface area contributed by atoms with Gasteiger partial charge in [0.25, 0.3) is 0 Å². The molecular weight excluding hydrogens is 246 g/mol. The van der Waals surface area contributed by atoms with Gasteiger partial charge in [-0.3, -0.25) is 0 Å². The summed E-state index contributed by atoms with van der Waals surface area (Å²) in [5, 5.41) is 3.94. The summed E-state index contributed by atoms with van der Waals surface area (Å²) in [6.45, 7) is 4.15. The summed E-state index contributed by atoms with van der Waals surface area (Å²) in [6.07, 6.45) is 3.67. The minimum atomic E-state index is 0.300. The van der Waals surface area contributed by atoms with Gasteiger partial charge in [-0.05, 0) is 43.9 Å². The summed E-state index contributed by atoms with van der Waals surface area (Å²) in [5.74, 6) is 1.84. The van der Waals surface area contributed by atoms with Crippen LogP contribution < -0.4 is 10.1 Å². The number of rotatable bonds is 4. The monoisotopic (exact) mass is 265 g/mol. The van der Waals surface area contributed by atoms with Crippen LogP contribution in [0.4, 0.5) is 0 Å². The van der Waals surface area contributed by atoms with Gasteiger partial charge in [0.1, 0.15) is 11.9 Å². The van der Waals surface area contributed by atoms with E-state index in [1.165, 1.54) is 24.0 Å². The van der Waals surface area contributed by atoms with Crippen molar-refractivity contribution >= 4 is 11.6 Å². The van der Waals surface area contributed by atoms with E-state index in [4.69, 9.17) is 16.3 Å². The fraction of sp³-hybridized carbons (Fsp3) is 0.600. The molecule has 1 unspecified atom stereocenters. The Kier molecular flexibility index (Phi) is 3.49. The van der Waals surface area contributed by atoms with Gasteiger partial charge in [-0.1, -0.05) is 17.7 Å². The van der Waals surface area contributed by atoms with Crippen molar-refractivity contribution < 1.29 is 4.74 Å². The number of ether oxygens (including phenoxy) is 1. The minimum Gasteiger partial charge on any atom is -0.488 e. The Hall–Kier alpha value is -0.730. The average Bonchev–Trinajstić information content (AvgIpc) is 2.68. The van der Waals surface area contributed by atoms with Gasteiger partial charge in [0, 0.05) is 18.3 Å². The molecule has 1 N–H and O–H groups in total. The summed E-state index contributed by atoms with van der Waals surface area (Å²) in [7, 11) is 0. The zero-order chi connectivity index (χ0) is 12.5. The van der Waals surface area contributed by atoms with Crippen LogP contribution in [-0.2, 0) is 6.42 Å². The van der Waals surface area contributed by atoms with E-state index in [-0.39, 0.29) is 0 Å². The molecule has 1 heterocycles. The van der Waals surface area contributed by atoms with Crippen LogP contribution in [0.15, 0.2) is 18.2 Å². The van der Waals surface area contributed by atoms with Crippen LogP contribution in [0.25, 0.3) is 0 Å². The molecule has 1 fully saturated rings. The second-order valence-electron chi connectivity index (χ2n) is 5.65. The molecule has 1 aliphatic carbocycles. The average molecular weight is 266 g/mol. The van der Waals surface area contributed by atoms with Crippen LogP contribution >= 0.6 is 11.6 Å². The normalized spacial score (nSPS) is 29.6. The molecule has 2 nitrogen and oxygen atoms in total. The maximum Gasteiger partial charge on any atom is 0.123 e. The third-order valence-electron chi connectivity index (χ3n) is 3.94. The molecule has 98 valence electrons. The maximum absolute atomic E-state index is 5.97. The van der Waals surface area contributed by atoms with E-state index in [9.17, 15) is 0 Å². The van der Waals surface area contributed by atoms with Gasteiger partial charge in [-0.15, -0.1) is 11.6 Å². The predicted molar refractivity (Wildman–Crippen MR) is 74.5 cm³/mol. The second kappa shape index (κ2) is 5.10. The summed E-state index contributed by atoms with van der Waals surface area (Å²) in [4.78, 5) is 0. The molecule has 1 aromatic carbocycles. The number of fused-ring (bicyclic) bond motifs is 1. The zero-order valence-corrected chi connectivity index (χ0v) is 11.5. The van der Waals surface area contributed by atoms with Gasteiger partial charge >= 0.3 is 0 Å². The minimum absolute atomic E-state index is 0.300. The molecule has 0 radical (unpaired) electrons. The van der Waals surface area contributed by atoms with Crippen LogP contribution in [0.1, 0.15) is 24.0 Å². The fourth-order valence-electron chi connectivity index (χ4n) is 2.83. The van der Waals surface area contributed by atoms with Gasteiger partial charge in [-0.25, -0.2) is 0 Å². The van der Waals surface area contributed by atoms with E-state index in [0.29, 0.717) is 11.5 Å². The summed E-state index contributed by atoms with van der Waals surface area (Å²) in [5.41, 5.74) is 2.67. The molecule has 1 aromatic rings. The first-order chi connectivity index (χ1) is 8.70. The number of aryl methyl sites for hydroxylation is 1. The van der Waals surface area contributed by atoms with Crippen LogP contribution in [0.5, 0.6) is 5.75 Å². The third-order valence-corrected chi connectivity index (χ3v) is 4.30. The highest BCUT2D eigenvalue weighted by molar-refractivity contribution is 6.21. The highest BCUT2D eigenvalue weighted by Crippen LogP contribution is 2.31. The lowest BCUT2D eigenvalue weighted by molar-refractivity contribution is 0.216. The van der Waals surface area contributed by atoms with Crippen molar-refractivity contribution in [3.63, 3.8) is 0 Å². The molecule has 0 bridgehead atoms. The molecule has 2 aliphatic rings. The zero-order valence-electron chi connectivity index (χ0n) is 10.8. The highest BCUT2D eigenvalue weighted by Gasteiger charge is 2.27. The Bertz CT molecular complexity index is 429. The molecular formula is C15H20ClNO. The molecule has 3 heteroatoms. The van der Waals surface area contributed by atoms with Gasteiger partial charge < -0.3 is 10.1 Å². The second-order valence-corrected chi connectivity index (χ2v) is 6.27. The first-order valence-electron chi connectivity index (χ1n) is 6.81. The van der Waals surface area contributed by atoms with Crippen molar-refractivity contribution in [1.29, 1.82) is 0 Å².